The minimum absolute atomic E-state index is 0.127. The van der Waals surface area contributed by atoms with Crippen molar-refractivity contribution in [1.29, 1.82) is 0 Å². The number of aliphatic hydroxyl groups excluding tert-OH is 1. The molecule has 0 spiro atoms. The number of carbonyl (C=O) groups excluding carboxylic acids is 1. The second-order valence-corrected chi connectivity index (χ2v) is 3.77. The maximum absolute atomic E-state index is 10.7. The van der Waals surface area contributed by atoms with Crippen molar-refractivity contribution in [3.05, 3.63) is 0 Å². The zero-order valence-corrected chi connectivity index (χ0v) is 10.4. The molecule has 1 atom stereocenters. The van der Waals surface area contributed by atoms with Crippen LogP contribution in [0.4, 0.5) is 0 Å². The fourth-order valence-electron chi connectivity index (χ4n) is 1.36. The minimum atomic E-state index is -0.529. The van der Waals surface area contributed by atoms with Crippen LogP contribution in [0.5, 0.6) is 0 Å². The van der Waals surface area contributed by atoms with E-state index in [9.17, 15) is 4.79 Å². The van der Waals surface area contributed by atoms with Gasteiger partial charge in [0.1, 0.15) is 0 Å². The molecule has 1 heterocycles. The van der Waals surface area contributed by atoms with Crippen LogP contribution in [0.25, 0.3) is 0 Å². The zero-order valence-electron chi connectivity index (χ0n) is 10.4. The lowest BCUT2D eigenvalue weighted by molar-refractivity contribution is -0.145. The minimum Gasteiger partial charge on any atom is -0.466 e. The standard InChI is InChI=1S/C8H16O3.C4H8O/c1-3-5-7(9)6-8(10)11-4-2;1-2-4-5-3-1/h7,9H,3-6H2,1-2H3;1-4H2. The summed E-state index contributed by atoms with van der Waals surface area (Å²) in [6.07, 6.45) is 3.71. The van der Waals surface area contributed by atoms with Gasteiger partial charge in [-0.2, -0.15) is 0 Å². The second-order valence-electron chi connectivity index (χ2n) is 3.77. The van der Waals surface area contributed by atoms with Gasteiger partial charge >= 0.3 is 5.97 Å². The van der Waals surface area contributed by atoms with Crippen LogP contribution >= 0.6 is 0 Å². The van der Waals surface area contributed by atoms with Crippen molar-refractivity contribution >= 4 is 5.97 Å². The van der Waals surface area contributed by atoms with Gasteiger partial charge in [0, 0.05) is 13.2 Å². The van der Waals surface area contributed by atoms with Crippen LogP contribution in [-0.2, 0) is 14.3 Å². The van der Waals surface area contributed by atoms with E-state index in [1.54, 1.807) is 6.92 Å². The molecule has 0 aromatic carbocycles. The lowest BCUT2D eigenvalue weighted by Crippen LogP contribution is -2.15. The number of hydrogen-bond donors (Lipinski definition) is 1. The second kappa shape index (κ2) is 10.9. The van der Waals surface area contributed by atoms with E-state index in [1.165, 1.54) is 12.8 Å². The maximum Gasteiger partial charge on any atom is 0.308 e. The Bertz CT molecular complexity index is 159. The number of esters is 1. The first-order chi connectivity index (χ1) is 7.70. The predicted octanol–water partition coefficient (Wildman–Crippen LogP) is 1.90. The molecule has 1 fully saturated rings. The Morgan fingerprint density at radius 3 is 2.38 bits per heavy atom. The summed E-state index contributed by atoms with van der Waals surface area (Å²) >= 11 is 0. The maximum atomic E-state index is 10.7. The molecule has 0 radical (unpaired) electrons. The summed E-state index contributed by atoms with van der Waals surface area (Å²) in [6.45, 7) is 6.11. The van der Waals surface area contributed by atoms with E-state index < -0.39 is 6.10 Å². The highest BCUT2D eigenvalue weighted by Crippen LogP contribution is 2.01. The van der Waals surface area contributed by atoms with Gasteiger partial charge in [-0.1, -0.05) is 13.3 Å². The van der Waals surface area contributed by atoms with Crippen LogP contribution < -0.4 is 0 Å². The fourth-order valence-corrected chi connectivity index (χ4v) is 1.36. The summed E-state index contributed by atoms with van der Waals surface area (Å²) in [5, 5.41) is 9.15. The molecule has 96 valence electrons. The average Bonchev–Trinajstić information content (AvgIpc) is 2.75. The number of carbonyl (C=O) groups is 1. The zero-order chi connectivity index (χ0) is 12.2. The molecule has 0 aromatic rings. The molecule has 0 aromatic heterocycles. The Balaban J connectivity index is 0.000000368. The fraction of sp³-hybridized carbons (Fsp3) is 0.917. The van der Waals surface area contributed by atoms with E-state index in [1.807, 2.05) is 6.92 Å². The van der Waals surface area contributed by atoms with Gasteiger partial charge in [0.05, 0.1) is 19.1 Å². The molecule has 0 bridgehead atoms. The molecule has 1 aliphatic rings. The summed E-state index contributed by atoms with van der Waals surface area (Å²) in [6, 6.07) is 0. The molecular weight excluding hydrogens is 208 g/mol. The normalized spacial score (nSPS) is 16.2. The molecule has 1 aliphatic heterocycles. The summed E-state index contributed by atoms with van der Waals surface area (Å²) in [4.78, 5) is 10.7. The topological polar surface area (TPSA) is 55.8 Å². The van der Waals surface area contributed by atoms with Crippen molar-refractivity contribution in [2.75, 3.05) is 19.8 Å². The lowest BCUT2D eigenvalue weighted by Gasteiger charge is -2.07. The van der Waals surface area contributed by atoms with Gasteiger partial charge in [-0.25, -0.2) is 0 Å². The van der Waals surface area contributed by atoms with Crippen molar-refractivity contribution < 1.29 is 19.4 Å². The average molecular weight is 232 g/mol. The molecule has 1 saturated heterocycles. The molecule has 0 saturated carbocycles. The Morgan fingerprint density at radius 1 is 1.38 bits per heavy atom. The van der Waals surface area contributed by atoms with Gasteiger partial charge in [0.15, 0.2) is 0 Å². The Hall–Kier alpha value is -0.610. The smallest absolute Gasteiger partial charge is 0.308 e. The first-order valence-electron chi connectivity index (χ1n) is 6.12. The molecule has 1 unspecified atom stereocenters. The van der Waals surface area contributed by atoms with Crippen molar-refractivity contribution in [3.8, 4) is 0 Å². The highest BCUT2D eigenvalue weighted by molar-refractivity contribution is 5.69. The largest absolute Gasteiger partial charge is 0.466 e. The van der Waals surface area contributed by atoms with E-state index in [-0.39, 0.29) is 12.4 Å². The summed E-state index contributed by atoms with van der Waals surface area (Å²) < 4.78 is 9.60. The van der Waals surface area contributed by atoms with Gasteiger partial charge in [-0.05, 0) is 26.2 Å². The predicted molar refractivity (Wildman–Crippen MR) is 62.2 cm³/mol. The molecule has 1 N–H and O–H groups in total. The van der Waals surface area contributed by atoms with Crippen molar-refractivity contribution in [2.45, 2.75) is 52.1 Å². The summed E-state index contributed by atoms with van der Waals surface area (Å²) in [5.41, 5.74) is 0. The third kappa shape index (κ3) is 9.93. The van der Waals surface area contributed by atoms with E-state index in [0.717, 1.165) is 19.6 Å². The number of rotatable bonds is 5. The van der Waals surface area contributed by atoms with E-state index in [4.69, 9.17) is 9.84 Å². The molecule has 1 rings (SSSR count). The van der Waals surface area contributed by atoms with Crippen LogP contribution in [0.2, 0.25) is 0 Å². The highest BCUT2D eigenvalue weighted by atomic mass is 16.5. The SMILES string of the molecule is C1CCOC1.CCCC(O)CC(=O)OCC. The van der Waals surface area contributed by atoms with Crippen LogP contribution in [0, 0.1) is 0 Å². The number of hydrogen-bond acceptors (Lipinski definition) is 4. The van der Waals surface area contributed by atoms with Gasteiger partial charge in [-0.3, -0.25) is 4.79 Å². The third-order valence-corrected chi connectivity index (χ3v) is 2.16. The van der Waals surface area contributed by atoms with E-state index in [2.05, 4.69) is 4.74 Å². The van der Waals surface area contributed by atoms with Crippen LogP contribution in [0.3, 0.4) is 0 Å². The number of aliphatic hydroxyl groups is 1. The number of ether oxygens (including phenoxy) is 2. The molecule has 4 heteroatoms. The van der Waals surface area contributed by atoms with Crippen LogP contribution in [0.15, 0.2) is 0 Å². The molecule has 0 amide bonds. The molecule has 0 aliphatic carbocycles. The van der Waals surface area contributed by atoms with Crippen molar-refractivity contribution in [1.82, 2.24) is 0 Å². The van der Waals surface area contributed by atoms with Crippen molar-refractivity contribution in [3.63, 3.8) is 0 Å². The van der Waals surface area contributed by atoms with Crippen LogP contribution in [-0.4, -0.2) is 37.0 Å². The van der Waals surface area contributed by atoms with E-state index >= 15 is 0 Å². The van der Waals surface area contributed by atoms with Gasteiger partial charge in [-0.15, -0.1) is 0 Å². The van der Waals surface area contributed by atoms with E-state index in [0.29, 0.717) is 13.0 Å². The first kappa shape index (κ1) is 15.4. The monoisotopic (exact) mass is 232 g/mol. The highest BCUT2D eigenvalue weighted by Gasteiger charge is 2.09. The Labute approximate surface area is 97.9 Å². The Kier molecular flexibility index (Phi) is 10.5. The molecule has 16 heavy (non-hydrogen) atoms. The van der Waals surface area contributed by atoms with Gasteiger partial charge in [0.25, 0.3) is 0 Å². The van der Waals surface area contributed by atoms with Gasteiger partial charge < -0.3 is 14.6 Å². The lowest BCUT2D eigenvalue weighted by atomic mass is 10.1. The first-order valence-corrected chi connectivity index (χ1v) is 6.12. The van der Waals surface area contributed by atoms with Gasteiger partial charge in [0.2, 0.25) is 0 Å². The molecular formula is C12H24O4. The quantitative estimate of drug-likeness (QED) is 0.735. The summed E-state index contributed by atoms with van der Waals surface area (Å²) in [5.74, 6) is -0.312. The summed E-state index contributed by atoms with van der Waals surface area (Å²) in [7, 11) is 0. The third-order valence-electron chi connectivity index (χ3n) is 2.16. The van der Waals surface area contributed by atoms with Crippen molar-refractivity contribution in [2.24, 2.45) is 0 Å². The Morgan fingerprint density at radius 2 is 2.00 bits per heavy atom. The van der Waals surface area contributed by atoms with Crippen LogP contribution in [0.1, 0.15) is 46.0 Å². The molecule has 4 nitrogen and oxygen atoms in total.